The van der Waals surface area contributed by atoms with Gasteiger partial charge in [-0.1, -0.05) is 12.5 Å². The zero-order valence-electron chi connectivity index (χ0n) is 12.6. The Bertz CT molecular complexity index is 672. The molecule has 0 spiro atoms. The maximum atomic E-state index is 13.5. The van der Waals surface area contributed by atoms with Crippen LogP contribution in [0.5, 0.6) is 0 Å². The Morgan fingerprint density at radius 3 is 1.88 bits per heavy atom. The van der Waals surface area contributed by atoms with Crippen LogP contribution in [0.15, 0.2) is 12.7 Å². The average molecular weight is 421 g/mol. The normalized spacial score (nSPS) is 23.0. The highest BCUT2D eigenvalue weighted by Gasteiger charge is 2.85. The summed E-state index contributed by atoms with van der Waals surface area (Å²) in [7, 11) is -6.93. The molecule has 0 radical (unpaired) electrons. The van der Waals surface area contributed by atoms with Crippen LogP contribution in [-0.4, -0.2) is 37.6 Å². The van der Waals surface area contributed by atoms with Crippen LogP contribution in [0, 0.1) is 11.8 Å². The van der Waals surface area contributed by atoms with Gasteiger partial charge < -0.3 is 0 Å². The van der Waals surface area contributed by atoms with Crippen molar-refractivity contribution in [2.24, 2.45) is 11.8 Å². The number of carbonyl (C=O) groups is 1. The molecule has 0 aromatic heterocycles. The van der Waals surface area contributed by atoms with E-state index in [0.717, 1.165) is 0 Å². The first-order valence-electron chi connectivity index (χ1n) is 6.83. The van der Waals surface area contributed by atoms with E-state index in [1.54, 1.807) is 0 Å². The van der Waals surface area contributed by atoms with Crippen molar-refractivity contribution in [1.82, 2.24) is 4.72 Å². The molecule has 0 saturated heterocycles. The molecule has 2 atom stereocenters. The van der Waals surface area contributed by atoms with Crippen molar-refractivity contribution in [3.05, 3.63) is 12.7 Å². The average Bonchev–Trinajstić information content (AvgIpc) is 2.93. The lowest BCUT2D eigenvalue weighted by atomic mass is 9.96. The van der Waals surface area contributed by atoms with Crippen molar-refractivity contribution in [2.45, 2.75) is 42.5 Å². The zero-order chi connectivity index (χ0) is 20.8. The predicted octanol–water partition coefficient (Wildman–Crippen LogP) is 3.46. The number of hydrogen-bond donors (Lipinski definition) is 1. The summed E-state index contributed by atoms with van der Waals surface area (Å²) in [6.07, 6.45) is -5.42. The number of hydrogen-bond acceptors (Lipinski definition) is 3. The largest absolute Gasteiger partial charge is 0.460 e. The molecule has 152 valence electrons. The molecular weight excluding hydrogens is 409 g/mol. The van der Waals surface area contributed by atoms with Crippen molar-refractivity contribution in [3.63, 3.8) is 0 Å². The number of rotatable bonds is 6. The highest BCUT2D eigenvalue weighted by atomic mass is 32.2. The van der Waals surface area contributed by atoms with E-state index in [1.165, 1.54) is 6.08 Å². The van der Waals surface area contributed by atoms with Gasteiger partial charge in [0.05, 0.1) is 0 Å². The van der Waals surface area contributed by atoms with E-state index in [9.17, 15) is 52.7 Å². The van der Waals surface area contributed by atoms with E-state index in [2.05, 4.69) is 6.58 Å². The van der Waals surface area contributed by atoms with E-state index in [-0.39, 0.29) is 6.42 Å². The molecule has 0 aliphatic heterocycles. The molecule has 1 saturated carbocycles. The van der Waals surface area contributed by atoms with Gasteiger partial charge in [-0.25, -0.2) is 4.72 Å². The Hall–Kier alpha value is -1.47. The van der Waals surface area contributed by atoms with Crippen molar-refractivity contribution < 1.29 is 52.7 Å². The van der Waals surface area contributed by atoms with E-state index in [4.69, 9.17) is 0 Å². The number of allylic oxidation sites excluding steroid dienone is 1. The Balaban J connectivity index is 3.20. The van der Waals surface area contributed by atoms with Crippen LogP contribution in [0.3, 0.4) is 0 Å². The molecule has 1 aliphatic rings. The van der Waals surface area contributed by atoms with E-state index >= 15 is 0 Å². The summed E-state index contributed by atoms with van der Waals surface area (Å²) >= 11 is 0. The van der Waals surface area contributed by atoms with Gasteiger partial charge in [-0.2, -0.15) is 47.9 Å². The highest BCUT2D eigenvalue weighted by molar-refractivity contribution is 7.91. The van der Waals surface area contributed by atoms with Crippen molar-refractivity contribution >= 4 is 15.9 Å². The van der Waals surface area contributed by atoms with Crippen LogP contribution in [0.2, 0.25) is 0 Å². The molecule has 0 aromatic carbocycles. The monoisotopic (exact) mass is 421 g/mol. The fraction of sp³-hybridized carbons (Fsp3) is 0.750. The Morgan fingerprint density at radius 2 is 1.46 bits per heavy atom. The number of carbonyl (C=O) groups excluding carboxylic acids is 1. The maximum absolute atomic E-state index is 13.5. The number of sulfonamides is 1. The number of amides is 1. The van der Waals surface area contributed by atoms with Crippen LogP contribution >= 0.6 is 0 Å². The van der Waals surface area contributed by atoms with Crippen LogP contribution in [0.1, 0.15) is 19.3 Å². The maximum Gasteiger partial charge on any atom is 0.460 e. The van der Waals surface area contributed by atoms with Crippen LogP contribution < -0.4 is 4.72 Å². The quantitative estimate of drug-likeness (QED) is 0.528. The second-order valence-corrected chi connectivity index (χ2v) is 7.29. The molecule has 0 aromatic rings. The lowest BCUT2D eigenvalue weighted by Crippen LogP contribution is -2.65. The fourth-order valence-corrected chi connectivity index (χ4v) is 3.41. The molecular formula is C12H12F9NO3S. The van der Waals surface area contributed by atoms with Gasteiger partial charge in [0.1, 0.15) is 0 Å². The lowest BCUT2D eigenvalue weighted by molar-refractivity contribution is -0.382. The second kappa shape index (κ2) is 6.60. The lowest BCUT2D eigenvalue weighted by Gasteiger charge is -2.33. The summed E-state index contributed by atoms with van der Waals surface area (Å²) in [6, 6.07) is 0. The molecule has 0 heterocycles. The topological polar surface area (TPSA) is 63.2 Å². The molecule has 0 unspecified atom stereocenters. The minimum Gasteiger partial charge on any atom is -0.274 e. The third-order valence-electron chi connectivity index (χ3n) is 3.90. The van der Waals surface area contributed by atoms with Crippen molar-refractivity contribution in [1.29, 1.82) is 0 Å². The summed E-state index contributed by atoms with van der Waals surface area (Å²) in [4.78, 5) is 11.7. The van der Waals surface area contributed by atoms with Gasteiger partial charge in [0.2, 0.25) is 5.91 Å². The van der Waals surface area contributed by atoms with Gasteiger partial charge in [0, 0.05) is 5.92 Å². The first kappa shape index (κ1) is 22.6. The van der Waals surface area contributed by atoms with Crippen LogP contribution in [0.25, 0.3) is 0 Å². The molecule has 1 amide bonds. The van der Waals surface area contributed by atoms with Gasteiger partial charge in [-0.05, 0) is 18.8 Å². The summed E-state index contributed by atoms with van der Waals surface area (Å²) in [5.41, 5.74) is 0. The fourth-order valence-electron chi connectivity index (χ4n) is 2.40. The van der Waals surface area contributed by atoms with E-state index in [0.29, 0.717) is 17.6 Å². The van der Waals surface area contributed by atoms with E-state index in [1.807, 2.05) is 0 Å². The van der Waals surface area contributed by atoms with Gasteiger partial charge in [0.15, 0.2) is 0 Å². The summed E-state index contributed by atoms with van der Waals surface area (Å²) in [5.74, 6) is -18.5. The standard InChI is InChI=1S/C12H12F9NO3S/c1-2-6-4-3-5-7(6)8(23)22-26(24,25)12(20,21)10(15,16)9(13,14)11(17,18)19/h2,6-7H,1,3-5H2,(H,22,23)/t6-,7-/m0/s1. The smallest absolute Gasteiger partial charge is 0.274 e. The zero-order valence-corrected chi connectivity index (χ0v) is 13.4. The molecule has 26 heavy (non-hydrogen) atoms. The summed E-state index contributed by atoms with van der Waals surface area (Å²) < 4.78 is 138. The first-order valence-corrected chi connectivity index (χ1v) is 8.31. The third-order valence-corrected chi connectivity index (χ3v) is 5.30. The Morgan fingerprint density at radius 1 is 0.962 bits per heavy atom. The molecule has 0 bridgehead atoms. The minimum atomic E-state index is -7.38. The third kappa shape index (κ3) is 3.39. The number of halogens is 9. The van der Waals surface area contributed by atoms with Gasteiger partial charge in [-0.3, -0.25) is 4.79 Å². The highest BCUT2D eigenvalue weighted by Crippen LogP contribution is 2.54. The number of nitrogens with one attached hydrogen (secondary N) is 1. The van der Waals surface area contributed by atoms with Crippen LogP contribution in [0.4, 0.5) is 39.5 Å². The summed E-state index contributed by atoms with van der Waals surface area (Å²) in [6.45, 7) is 3.30. The Kier molecular flexibility index (Phi) is 5.73. The van der Waals surface area contributed by atoms with Gasteiger partial charge >= 0.3 is 33.3 Å². The molecule has 1 fully saturated rings. The second-order valence-electron chi connectivity index (χ2n) is 5.57. The van der Waals surface area contributed by atoms with Crippen molar-refractivity contribution in [3.8, 4) is 0 Å². The van der Waals surface area contributed by atoms with Gasteiger partial charge in [-0.15, -0.1) is 6.58 Å². The molecule has 1 rings (SSSR count). The minimum absolute atomic E-state index is 0.0429. The van der Waals surface area contributed by atoms with E-state index < -0.39 is 51.0 Å². The van der Waals surface area contributed by atoms with Gasteiger partial charge in [0.25, 0.3) is 0 Å². The molecule has 1 aliphatic carbocycles. The molecule has 1 N–H and O–H groups in total. The SMILES string of the molecule is C=C[C@H]1CCC[C@@H]1C(=O)NS(=O)(=O)C(F)(F)C(F)(F)C(F)(F)C(F)(F)F. The summed E-state index contributed by atoms with van der Waals surface area (Å²) in [5, 5.41) is -6.93. The molecule has 4 nitrogen and oxygen atoms in total. The van der Waals surface area contributed by atoms with Crippen molar-refractivity contribution in [2.75, 3.05) is 0 Å². The predicted molar refractivity (Wildman–Crippen MR) is 69.0 cm³/mol. The molecule has 14 heteroatoms. The first-order chi connectivity index (χ1) is 11.4. The van der Waals surface area contributed by atoms with Crippen LogP contribution in [-0.2, 0) is 14.8 Å². The number of alkyl halides is 9. The Labute approximate surface area is 141 Å².